The Balaban J connectivity index is 1.21. The number of nitrogens with zero attached hydrogens (tertiary/aromatic N) is 5. The summed E-state index contributed by atoms with van der Waals surface area (Å²) in [6, 6.07) is 8.43. The lowest BCUT2D eigenvalue weighted by atomic mass is 10.1. The van der Waals surface area contributed by atoms with E-state index in [0.29, 0.717) is 24.2 Å². The van der Waals surface area contributed by atoms with Crippen LogP contribution in [0.2, 0.25) is 0 Å². The minimum atomic E-state index is 0.369. The highest BCUT2D eigenvalue weighted by Crippen LogP contribution is 2.24. The number of aryl methyl sites for hydroxylation is 1. The smallest absolute Gasteiger partial charge is 0.225 e. The van der Waals surface area contributed by atoms with E-state index in [2.05, 4.69) is 46.2 Å². The third-order valence-corrected chi connectivity index (χ3v) is 6.13. The van der Waals surface area contributed by atoms with Gasteiger partial charge in [-0.25, -0.2) is 15.5 Å². The zero-order chi connectivity index (χ0) is 24.8. The van der Waals surface area contributed by atoms with Crippen molar-refractivity contribution in [2.75, 3.05) is 49.9 Å². The number of rotatable bonds is 15. The number of para-hydroxylation sites is 1. The maximum atomic E-state index is 7.52. The van der Waals surface area contributed by atoms with Gasteiger partial charge in [-0.1, -0.05) is 12.1 Å². The van der Waals surface area contributed by atoms with Gasteiger partial charge in [0.25, 0.3) is 0 Å². The Hall–Kier alpha value is -3.57. The van der Waals surface area contributed by atoms with Gasteiger partial charge in [0.05, 0.1) is 24.1 Å². The Kier molecular flexibility index (Phi) is 10.00. The third kappa shape index (κ3) is 7.99. The number of fused-ring (bicyclic) bond motifs is 1. The van der Waals surface area contributed by atoms with E-state index in [1.807, 2.05) is 36.8 Å². The summed E-state index contributed by atoms with van der Waals surface area (Å²) in [4.78, 5) is 13.5. The molecule has 0 bridgehead atoms. The largest absolute Gasteiger partial charge is 0.389 e. The summed E-state index contributed by atoms with van der Waals surface area (Å²) in [6.07, 6.45) is 11.6. The minimum Gasteiger partial charge on any atom is -0.389 e. The van der Waals surface area contributed by atoms with Crippen molar-refractivity contribution < 1.29 is 0 Å². The first kappa shape index (κ1) is 25.5. The lowest BCUT2D eigenvalue weighted by Crippen LogP contribution is -2.35. The van der Waals surface area contributed by atoms with Gasteiger partial charge in [-0.15, -0.1) is 0 Å². The van der Waals surface area contributed by atoms with Crippen LogP contribution in [0, 0.1) is 5.53 Å². The van der Waals surface area contributed by atoms with Gasteiger partial charge < -0.3 is 31.2 Å². The zero-order valence-corrected chi connectivity index (χ0v) is 20.7. The summed E-state index contributed by atoms with van der Waals surface area (Å²) in [7, 11) is 0. The highest BCUT2D eigenvalue weighted by Gasteiger charge is 2.16. The maximum Gasteiger partial charge on any atom is 0.225 e. The van der Waals surface area contributed by atoms with Crippen molar-refractivity contribution in [3.63, 3.8) is 0 Å². The molecule has 4 rings (SSSR count). The molecule has 0 atom stereocenters. The third-order valence-electron chi connectivity index (χ3n) is 6.13. The van der Waals surface area contributed by atoms with Crippen molar-refractivity contribution in [3.05, 3.63) is 54.9 Å². The van der Waals surface area contributed by atoms with Crippen molar-refractivity contribution in [2.45, 2.75) is 38.3 Å². The van der Waals surface area contributed by atoms with Crippen LogP contribution in [0.4, 0.5) is 11.8 Å². The van der Waals surface area contributed by atoms with Crippen molar-refractivity contribution in [1.82, 2.24) is 35.5 Å². The zero-order valence-electron chi connectivity index (χ0n) is 20.7. The van der Waals surface area contributed by atoms with Crippen LogP contribution in [-0.2, 0) is 6.54 Å². The molecule has 1 aromatic carbocycles. The summed E-state index contributed by atoms with van der Waals surface area (Å²) in [5, 5.41) is 21.6. The van der Waals surface area contributed by atoms with E-state index in [1.54, 1.807) is 12.4 Å². The molecule has 36 heavy (non-hydrogen) atoms. The second kappa shape index (κ2) is 14.1. The fourth-order valence-electron chi connectivity index (χ4n) is 4.15. The van der Waals surface area contributed by atoms with Crippen molar-refractivity contribution >= 4 is 22.7 Å². The molecule has 1 saturated heterocycles. The van der Waals surface area contributed by atoms with Gasteiger partial charge in [0.15, 0.2) is 0 Å². The highest BCUT2D eigenvalue weighted by atomic mass is 15.2. The number of imidazole rings is 1. The molecule has 11 heteroatoms. The van der Waals surface area contributed by atoms with Gasteiger partial charge in [0.1, 0.15) is 5.82 Å². The molecule has 0 saturated carbocycles. The normalized spacial score (nSPS) is 14.6. The van der Waals surface area contributed by atoms with Crippen molar-refractivity contribution in [2.24, 2.45) is 5.11 Å². The second-order valence-electron chi connectivity index (χ2n) is 8.89. The Bertz CT molecular complexity index is 1090. The number of nitrogens with one attached hydrogen (secondary N) is 6. The molecule has 6 N–H and O–H groups in total. The second-order valence-corrected chi connectivity index (χ2v) is 8.89. The van der Waals surface area contributed by atoms with E-state index in [-0.39, 0.29) is 0 Å². The van der Waals surface area contributed by atoms with E-state index in [4.69, 9.17) is 10.5 Å². The average Bonchev–Trinajstić information content (AvgIpc) is 3.44. The van der Waals surface area contributed by atoms with Crippen LogP contribution in [0.25, 0.3) is 10.9 Å². The lowest BCUT2D eigenvalue weighted by molar-refractivity contribution is 0.478. The molecule has 192 valence electrons. The molecule has 0 unspecified atom stereocenters. The van der Waals surface area contributed by atoms with E-state index < -0.39 is 0 Å². The van der Waals surface area contributed by atoms with Crippen LogP contribution in [0.1, 0.15) is 25.7 Å². The van der Waals surface area contributed by atoms with Crippen molar-refractivity contribution in [3.8, 4) is 0 Å². The Morgan fingerprint density at radius 1 is 1.14 bits per heavy atom. The number of aromatic nitrogens is 4. The van der Waals surface area contributed by atoms with E-state index in [1.165, 1.54) is 0 Å². The average molecular weight is 492 g/mol. The topological polar surface area (TPSA) is 140 Å². The quantitative estimate of drug-likeness (QED) is 0.141. The molecule has 0 radical (unpaired) electrons. The summed E-state index contributed by atoms with van der Waals surface area (Å²) < 4.78 is 2.09. The van der Waals surface area contributed by atoms with Crippen LogP contribution in [0.5, 0.6) is 0 Å². The Morgan fingerprint density at radius 2 is 2.00 bits per heavy atom. The first-order chi connectivity index (χ1) is 17.8. The highest BCUT2D eigenvalue weighted by molar-refractivity contribution is 5.90. The van der Waals surface area contributed by atoms with Gasteiger partial charge in [-0.05, 0) is 64.0 Å². The molecule has 0 aliphatic carbocycles. The minimum absolute atomic E-state index is 0.369. The van der Waals surface area contributed by atoms with Gasteiger partial charge >= 0.3 is 0 Å². The molecule has 11 nitrogen and oxygen atoms in total. The summed E-state index contributed by atoms with van der Waals surface area (Å²) in [6.45, 7) is 6.10. The monoisotopic (exact) mass is 491 g/mol. The van der Waals surface area contributed by atoms with E-state index in [0.717, 1.165) is 81.7 Å². The molecule has 0 amide bonds. The maximum absolute atomic E-state index is 7.52. The summed E-state index contributed by atoms with van der Waals surface area (Å²) in [5.74, 6) is 1.37. The van der Waals surface area contributed by atoms with Gasteiger partial charge in [0, 0.05) is 43.1 Å². The molecule has 0 spiro atoms. The number of piperidine rings is 1. The van der Waals surface area contributed by atoms with Crippen molar-refractivity contribution in [1.29, 1.82) is 5.53 Å². The molecule has 1 aliphatic rings. The number of hydrogen-bond acceptors (Lipinski definition) is 10. The fraction of sp³-hybridized carbons (Fsp3) is 0.480. The molecule has 3 heterocycles. The Morgan fingerprint density at radius 3 is 2.83 bits per heavy atom. The first-order valence-electron chi connectivity index (χ1n) is 12.8. The SMILES string of the molecule is N=N/C(=C\NCCCNCCCn1ccnc1)CNc1nc(NC2CCNCC2)c2ccccc2n1. The van der Waals surface area contributed by atoms with Gasteiger partial charge in [-0.3, -0.25) is 0 Å². The predicted molar refractivity (Wildman–Crippen MR) is 143 cm³/mol. The molecule has 2 aromatic heterocycles. The predicted octanol–water partition coefficient (Wildman–Crippen LogP) is 2.93. The number of anilines is 2. The lowest BCUT2D eigenvalue weighted by Gasteiger charge is -2.25. The van der Waals surface area contributed by atoms with Gasteiger partial charge in [0.2, 0.25) is 5.95 Å². The number of hydrogen-bond donors (Lipinski definition) is 6. The van der Waals surface area contributed by atoms with E-state index in [9.17, 15) is 0 Å². The molecule has 1 aliphatic heterocycles. The first-order valence-corrected chi connectivity index (χ1v) is 12.8. The Labute approximate surface area is 212 Å². The standard InChI is InChI=1S/C25H37N11/c26-35-21(17-29-10-3-9-27-11-4-15-36-16-14-30-19-36)18-31-25-33-23-6-2-1-5-22(23)24(34-25)32-20-7-12-28-13-8-20/h1-2,5-6,14,16-17,19-20,26-29H,3-4,7-13,15,18H2,(H2,31,32,33,34)/b21-17-,35-26?. The number of benzene rings is 1. The molecular weight excluding hydrogens is 454 g/mol. The fourth-order valence-corrected chi connectivity index (χ4v) is 4.15. The van der Waals surface area contributed by atoms with Crippen LogP contribution in [0.3, 0.4) is 0 Å². The summed E-state index contributed by atoms with van der Waals surface area (Å²) in [5.41, 5.74) is 9.00. The molecular formula is C25H37N11. The van der Waals surface area contributed by atoms with Crippen LogP contribution < -0.4 is 26.6 Å². The van der Waals surface area contributed by atoms with Crippen LogP contribution in [0.15, 0.2) is 60.0 Å². The summed E-state index contributed by atoms with van der Waals surface area (Å²) >= 11 is 0. The molecule has 1 fully saturated rings. The van der Waals surface area contributed by atoms with Crippen LogP contribution >= 0.6 is 0 Å². The van der Waals surface area contributed by atoms with Gasteiger partial charge in [-0.2, -0.15) is 10.1 Å². The van der Waals surface area contributed by atoms with E-state index >= 15 is 0 Å². The molecule has 3 aromatic rings. The van der Waals surface area contributed by atoms with Crippen LogP contribution in [-0.4, -0.2) is 64.8 Å².